The van der Waals surface area contributed by atoms with E-state index < -0.39 is 5.95 Å². The molecule has 0 bridgehead atoms. The number of furan rings is 1. The third-order valence-electron chi connectivity index (χ3n) is 5.24. The maximum Gasteiger partial charge on any atom is 0.212 e. The van der Waals surface area contributed by atoms with Crippen molar-refractivity contribution in [2.45, 2.75) is 19.8 Å². The maximum absolute atomic E-state index is 13.0. The number of aromatic nitrogens is 3. The lowest BCUT2D eigenvalue weighted by molar-refractivity contribution is 0.568. The molecule has 0 amide bonds. The second-order valence-electron chi connectivity index (χ2n) is 7.58. The van der Waals surface area contributed by atoms with Gasteiger partial charge in [-0.15, -0.1) is 11.3 Å². The second kappa shape index (κ2) is 8.88. The van der Waals surface area contributed by atoms with Gasteiger partial charge in [0.05, 0.1) is 17.2 Å². The Kier molecular flexibility index (Phi) is 5.64. The molecule has 0 aliphatic carbocycles. The van der Waals surface area contributed by atoms with Crippen molar-refractivity contribution >= 4 is 27.4 Å². The van der Waals surface area contributed by atoms with Gasteiger partial charge in [-0.1, -0.05) is 24.3 Å². The number of anilines is 1. The Bertz CT molecular complexity index is 1330. The van der Waals surface area contributed by atoms with E-state index in [2.05, 4.69) is 47.6 Å². The summed E-state index contributed by atoms with van der Waals surface area (Å²) in [6.45, 7) is 2.88. The Labute approximate surface area is 189 Å². The average molecular weight is 445 g/mol. The molecule has 7 heteroatoms. The zero-order valence-corrected chi connectivity index (χ0v) is 18.3. The maximum atomic E-state index is 13.0. The molecule has 0 atom stereocenters. The van der Waals surface area contributed by atoms with Gasteiger partial charge in [0.15, 0.2) is 5.82 Å². The number of hydrogen-bond acceptors (Lipinski definition) is 6. The Morgan fingerprint density at radius 3 is 2.59 bits per heavy atom. The highest BCUT2D eigenvalue weighted by Gasteiger charge is 2.12. The van der Waals surface area contributed by atoms with E-state index >= 15 is 0 Å². The monoisotopic (exact) mass is 444 g/mol. The van der Waals surface area contributed by atoms with Crippen LogP contribution in [0.2, 0.25) is 0 Å². The van der Waals surface area contributed by atoms with Crippen molar-refractivity contribution in [3.8, 4) is 22.5 Å². The number of benzene rings is 1. The van der Waals surface area contributed by atoms with Crippen LogP contribution < -0.4 is 5.32 Å². The SMILES string of the molecule is Cc1cc2c(NCCCc3ccc(-c4ccc(F)nc4)cc3)nc(-c3ccoc3)nc2s1. The van der Waals surface area contributed by atoms with Crippen LogP contribution in [0.4, 0.5) is 10.2 Å². The molecular formula is C25H21FN4OS. The molecule has 0 spiro atoms. The number of halogens is 1. The van der Waals surface area contributed by atoms with Gasteiger partial charge in [0.2, 0.25) is 5.95 Å². The summed E-state index contributed by atoms with van der Waals surface area (Å²) in [5, 5.41) is 4.55. The van der Waals surface area contributed by atoms with E-state index in [9.17, 15) is 4.39 Å². The average Bonchev–Trinajstić information content (AvgIpc) is 3.47. The largest absolute Gasteiger partial charge is 0.472 e. The number of pyridine rings is 1. The molecule has 32 heavy (non-hydrogen) atoms. The fraction of sp³-hybridized carbons (Fsp3) is 0.160. The first-order valence-corrected chi connectivity index (χ1v) is 11.2. The number of nitrogens with zero attached hydrogens (tertiary/aromatic N) is 3. The standard InChI is InChI=1S/C25H21FN4OS/c1-16-13-21-24(29-23(30-25(21)32-16)20-10-12-31-15-20)27-11-2-3-17-4-6-18(7-5-17)19-8-9-22(26)28-14-19/h4-10,12-15H,2-3,11H2,1H3,(H,27,29,30). The molecule has 0 radical (unpaired) electrons. The van der Waals surface area contributed by atoms with Crippen molar-refractivity contribution in [1.82, 2.24) is 15.0 Å². The number of rotatable bonds is 7. The summed E-state index contributed by atoms with van der Waals surface area (Å²) in [5.41, 5.74) is 4.07. The third kappa shape index (κ3) is 4.38. The highest BCUT2D eigenvalue weighted by atomic mass is 32.1. The minimum Gasteiger partial charge on any atom is -0.472 e. The van der Waals surface area contributed by atoms with Crippen LogP contribution in [-0.4, -0.2) is 21.5 Å². The second-order valence-corrected chi connectivity index (χ2v) is 8.82. The number of aryl methyl sites for hydroxylation is 2. The van der Waals surface area contributed by atoms with Crippen LogP contribution in [-0.2, 0) is 6.42 Å². The van der Waals surface area contributed by atoms with E-state index in [1.807, 2.05) is 6.07 Å². The summed E-state index contributed by atoms with van der Waals surface area (Å²) >= 11 is 1.67. The van der Waals surface area contributed by atoms with Crippen molar-refractivity contribution < 1.29 is 8.81 Å². The van der Waals surface area contributed by atoms with Crippen molar-refractivity contribution in [2.75, 3.05) is 11.9 Å². The summed E-state index contributed by atoms with van der Waals surface area (Å²) in [4.78, 5) is 15.3. The molecule has 0 fully saturated rings. The van der Waals surface area contributed by atoms with E-state index in [0.717, 1.165) is 52.1 Å². The van der Waals surface area contributed by atoms with Gasteiger partial charge in [-0.05, 0) is 55.2 Å². The summed E-state index contributed by atoms with van der Waals surface area (Å²) in [7, 11) is 0. The van der Waals surface area contributed by atoms with E-state index in [-0.39, 0.29) is 0 Å². The van der Waals surface area contributed by atoms with Crippen LogP contribution in [0, 0.1) is 12.9 Å². The fourth-order valence-electron chi connectivity index (χ4n) is 3.61. The molecule has 1 N–H and O–H groups in total. The Hall–Kier alpha value is -3.58. The van der Waals surface area contributed by atoms with E-state index in [1.165, 1.54) is 16.5 Å². The van der Waals surface area contributed by atoms with Gasteiger partial charge >= 0.3 is 0 Å². The van der Waals surface area contributed by atoms with Gasteiger partial charge in [0.1, 0.15) is 16.9 Å². The zero-order chi connectivity index (χ0) is 21.9. The number of thiophene rings is 1. The van der Waals surface area contributed by atoms with E-state index in [4.69, 9.17) is 14.4 Å². The molecule has 0 saturated heterocycles. The molecule has 1 aromatic carbocycles. The van der Waals surface area contributed by atoms with Crippen LogP contribution in [0.3, 0.4) is 0 Å². The summed E-state index contributed by atoms with van der Waals surface area (Å²) in [6, 6.07) is 15.5. The van der Waals surface area contributed by atoms with Crippen LogP contribution in [0.25, 0.3) is 32.7 Å². The normalized spacial score (nSPS) is 11.2. The highest BCUT2D eigenvalue weighted by Crippen LogP contribution is 2.31. The first-order chi connectivity index (χ1) is 15.7. The van der Waals surface area contributed by atoms with Crippen LogP contribution >= 0.6 is 11.3 Å². The minimum absolute atomic E-state index is 0.465. The summed E-state index contributed by atoms with van der Waals surface area (Å²) < 4.78 is 18.2. The third-order valence-corrected chi connectivity index (χ3v) is 6.19. The molecule has 0 saturated carbocycles. The van der Waals surface area contributed by atoms with Crippen molar-refractivity contribution in [3.05, 3.63) is 83.6 Å². The molecule has 0 unspecified atom stereocenters. The molecule has 4 heterocycles. The van der Waals surface area contributed by atoms with Gasteiger partial charge < -0.3 is 9.73 Å². The van der Waals surface area contributed by atoms with Gasteiger partial charge in [-0.25, -0.2) is 15.0 Å². The number of hydrogen-bond donors (Lipinski definition) is 1. The van der Waals surface area contributed by atoms with Gasteiger partial charge in [-0.2, -0.15) is 4.39 Å². The van der Waals surface area contributed by atoms with Crippen LogP contribution in [0.5, 0.6) is 0 Å². The predicted octanol–water partition coefficient (Wildman–Crippen LogP) is 6.51. The predicted molar refractivity (Wildman–Crippen MR) is 126 cm³/mol. The smallest absolute Gasteiger partial charge is 0.212 e. The van der Waals surface area contributed by atoms with Gasteiger partial charge in [-0.3, -0.25) is 0 Å². The molecule has 5 aromatic rings. The van der Waals surface area contributed by atoms with Gasteiger partial charge in [0, 0.05) is 23.2 Å². The van der Waals surface area contributed by atoms with Crippen molar-refractivity contribution in [2.24, 2.45) is 0 Å². The lowest BCUT2D eigenvalue weighted by Gasteiger charge is -2.09. The first kappa shape index (κ1) is 20.3. The number of fused-ring (bicyclic) bond motifs is 1. The van der Waals surface area contributed by atoms with Gasteiger partial charge in [0.25, 0.3) is 0 Å². The Morgan fingerprint density at radius 1 is 1.00 bits per heavy atom. The Balaban J connectivity index is 1.24. The minimum atomic E-state index is -0.465. The molecule has 4 aromatic heterocycles. The highest BCUT2D eigenvalue weighted by molar-refractivity contribution is 7.18. The van der Waals surface area contributed by atoms with Crippen LogP contribution in [0.15, 0.2) is 71.7 Å². The van der Waals surface area contributed by atoms with Crippen LogP contribution in [0.1, 0.15) is 16.9 Å². The molecule has 5 nitrogen and oxygen atoms in total. The van der Waals surface area contributed by atoms with E-state index in [1.54, 1.807) is 36.1 Å². The van der Waals surface area contributed by atoms with Crippen molar-refractivity contribution in [3.63, 3.8) is 0 Å². The molecule has 5 rings (SSSR count). The Morgan fingerprint density at radius 2 is 1.84 bits per heavy atom. The van der Waals surface area contributed by atoms with E-state index in [0.29, 0.717) is 5.82 Å². The topological polar surface area (TPSA) is 63.8 Å². The lowest BCUT2D eigenvalue weighted by atomic mass is 10.0. The molecule has 0 aliphatic rings. The summed E-state index contributed by atoms with van der Waals surface area (Å²) in [5.74, 6) is 1.06. The fourth-order valence-corrected chi connectivity index (χ4v) is 4.49. The molecule has 0 aliphatic heterocycles. The van der Waals surface area contributed by atoms with Crippen molar-refractivity contribution in [1.29, 1.82) is 0 Å². The lowest BCUT2D eigenvalue weighted by Crippen LogP contribution is -2.06. The number of nitrogens with one attached hydrogen (secondary N) is 1. The molecular weight excluding hydrogens is 423 g/mol. The summed E-state index contributed by atoms with van der Waals surface area (Å²) in [6.07, 6.45) is 6.76. The quantitative estimate of drug-likeness (QED) is 0.229. The first-order valence-electron chi connectivity index (χ1n) is 10.4. The molecule has 160 valence electrons. The zero-order valence-electron chi connectivity index (χ0n) is 17.5.